The summed E-state index contributed by atoms with van der Waals surface area (Å²) < 4.78 is 0. The molecule has 0 heterocycles. The Morgan fingerprint density at radius 1 is 1.00 bits per heavy atom. The molecule has 0 bridgehead atoms. The van der Waals surface area contributed by atoms with E-state index < -0.39 is 0 Å². The Labute approximate surface area is 32.3 Å². The Morgan fingerprint density at radius 3 is 1.20 bits per heavy atom. The summed E-state index contributed by atoms with van der Waals surface area (Å²) in [5, 5.41) is 0. The Kier molecular flexibility index (Phi) is 1.85. The molecule has 0 amide bonds. The first-order valence-electron chi connectivity index (χ1n) is 1.65. The summed E-state index contributed by atoms with van der Waals surface area (Å²) in [6, 6.07) is 0. The highest BCUT2D eigenvalue weighted by molar-refractivity contribution is 4.92. The van der Waals surface area contributed by atoms with Crippen molar-refractivity contribution in [1.82, 2.24) is 6.15 Å². The quantitative estimate of drug-likeness (QED) is 0.431. The van der Waals surface area contributed by atoms with Gasteiger partial charge in [-0.1, -0.05) is 12.2 Å². The van der Waals surface area contributed by atoms with Crippen LogP contribution in [-0.4, -0.2) is 0 Å². The lowest BCUT2D eigenvalue weighted by Gasteiger charge is -1.92. The van der Waals surface area contributed by atoms with Crippen molar-refractivity contribution in [3.8, 4) is 0 Å². The van der Waals surface area contributed by atoms with Crippen LogP contribution in [0.25, 0.3) is 0 Å². The SMILES string of the molecule is C1=CCC1.N. The smallest absolute Gasteiger partial charge is 0.0316 e. The van der Waals surface area contributed by atoms with Crippen LogP contribution in [0.3, 0.4) is 0 Å². The number of rotatable bonds is 0. The average molecular weight is 71.1 g/mol. The van der Waals surface area contributed by atoms with Gasteiger partial charge in [-0.05, 0) is 12.8 Å². The van der Waals surface area contributed by atoms with Crippen molar-refractivity contribution in [3.63, 3.8) is 0 Å². The Balaban J connectivity index is 0.000000160. The fraction of sp³-hybridized carbons (Fsp3) is 0.500. The molecule has 0 fully saturated rings. The third-order valence-electron chi connectivity index (χ3n) is 0.667. The highest BCUT2D eigenvalue weighted by Crippen LogP contribution is 2.01. The van der Waals surface area contributed by atoms with Crippen molar-refractivity contribution in [3.05, 3.63) is 12.2 Å². The maximum atomic E-state index is 2.18. The van der Waals surface area contributed by atoms with E-state index in [9.17, 15) is 0 Å². The maximum Gasteiger partial charge on any atom is -0.0316 e. The molecule has 0 radical (unpaired) electrons. The molecule has 1 aliphatic rings. The predicted molar refractivity (Wildman–Crippen MR) is 23.4 cm³/mol. The summed E-state index contributed by atoms with van der Waals surface area (Å²) in [6.45, 7) is 0. The third-order valence-corrected chi connectivity index (χ3v) is 0.667. The Hall–Kier alpha value is -0.300. The summed E-state index contributed by atoms with van der Waals surface area (Å²) in [5.41, 5.74) is 0. The molecule has 0 atom stereocenters. The van der Waals surface area contributed by atoms with Crippen LogP contribution in [-0.2, 0) is 0 Å². The molecule has 5 heavy (non-hydrogen) atoms. The third kappa shape index (κ3) is 0.781. The zero-order chi connectivity index (χ0) is 2.83. The van der Waals surface area contributed by atoms with Crippen molar-refractivity contribution in [1.29, 1.82) is 0 Å². The van der Waals surface area contributed by atoms with Gasteiger partial charge in [0, 0.05) is 0 Å². The van der Waals surface area contributed by atoms with Crippen molar-refractivity contribution in [2.45, 2.75) is 12.8 Å². The van der Waals surface area contributed by atoms with E-state index in [4.69, 9.17) is 0 Å². The minimum absolute atomic E-state index is 0. The molecule has 0 spiro atoms. The van der Waals surface area contributed by atoms with Crippen LogP contribution in [0.4, 0.5) is 0 Å². The topological polar surface area (TPSA) is 35.0 Å². The zero-order valence-corrected chi connectivity index (χ0v) is 3.28. The second kappa shape index (κ2) is 1.97. The van der Waals surface area contributed by atoms with Crippen LogP contribution < -0.4 is 6.15 Å². The van der Waals surface area contributed by atoms with Gasteiger partial charge in [-0.2, -0.15) is 0 Å². The van der Waals surface area contributed by atoms with E-state index in [1.807, 2.05) is 0 Å². The van der Waals surface area contributed by atoms with E-state index in [-0.39, 0.29) is 6.15 Å². The maximum absolute atomic E-state index is 2.18. The summed E-state index contributed by atoms with van der Waals surface area (Å²) in [7, 11) is 0. The predicted octanol–water partition coefficient (Wildman–Crippen LogP) is 1.50. The van der Waals surface area contributed by atoms with E-state index in [1.54, 1.807) is 0 Å². The van der Waals surface area contributed by atoms with E-state index in [1.165, 1.54) is 12.8 Å². The van der Waals surface area contributed by atoms with E-state index >= 15 is 0 Å². The monoisotopic (exact) mass is 71.1 g/mol. The molecule has 0 unspecified atom stereocenters. The van der Waals surface area contributed by atoms with Crippen molar-refractivity contribution < 1.29 is 0 Å². The van der Waals surface area contributed by atoms with Gasteiger partial charge in [0.25, 0.3) is 0 Å². The average Bonchev–Trinajstić information content (AvgIpc) is 0.722. The highest BCUT2D eigenvalue weighted by atomic mass is 14.0. The zero-order valence-electron chi connectivity index (χ0n) is 3.28. The van der Waals surface area contributed by atoms with Gasteiger partial charge >= 0.3 is 0 Å². The molecule has 0 saturated carbocycles. The van der Waals surface area contributed by atoms with Crippen LogP contribution >= 0.6 is 0 Å². The molecule has 0 saturated heterocycles. The normalized spacial score (nSPS) is 16.0. The molecule has 1 nitrogen and oxygen atoms in total. The highest BCUT2D eigenvalue weighted by Gasteiger charge is 1.81. The van der Waals surface area contributed by atoms with Gasteiger partial charge in [-0.3, -0.25) is 0 Å². The van der Waals surface area contributed by atoms with Crippen molar-refractivity contribution in [2.75, 3.05) is 0 Å². The molecule has 30 valence electrons. The summed E-state index contributed by atoms with van der Waals surface area (Å²) in [4.78, 5) is 0. The number of hydrogen-bond donors (Lipinski definition) is 1. The van der Waals surface area contributed by atoms with Crippen LogP contribution in [0.5, 0.6) is 0 Å². The molecule has 0 aromatic carbocycles. The van der Waals surface area contributed by atoms with Crippen molar-refractivity contribution in [2.24, 2.45) is 0 Å². The molecular weight excluding hydrogens is 62.1 g/mol. The van der Waals surface area contributed by atoms with E-state index in [0.29, 0.717) is 0 Å². The lowest BCUT2D eigenvalue weighted by Crippen LogP contribution is -1.71. The van der Waals surface area contributed by atoms with Gasteiger partial charge in [0.05, 0.1) is 0 Å². The lowest BCUT2D eigenvalue weighted by atomic mass is 10.1. The fourth-order valence-corrected chi connectivity index (χ4v) is 0.167. The van der Waals surface area contributed by atoms with Gasteiger partial charge in [0.15, 0.2) is 0 Å². The van der Waals surface area contributed by atoms with Crippen LogP contribution in [0.2, 0.25) is 0 Å². The fourth-order valence-electron chi connectivity index (χ4n) is 0.167. The minimum Gasteiger partial charge on any atom is -0.344 e. The number of hydrogen-bond acceptors (Lipinski definition) is 1. The first-order valence-corrected chi connectivity index (χ1v) is 1.65. The second-order valence-electron chi connectivity index (χ2n) is 1.05. The van der Waals surface area contributed by atoms with Gasteiger partial charge in [0.1, 0.15) is 0 Å². The summed E-state index contributed by atoms with van der Waals surface area (Å²) in [5.74, 6) is 0. The van der Waals surface area contributed by atoms with Gasteiger partial charge in [0.2, 0.25) is 0 Å². The Morgan fingerprint density at radius 2 is 1.20 bits per heavy atom. The van der Waals surface area contributed by atoms with Gasteiger partial charge in [-0.15, -0.1) is 0 Å². The molecule has 1 aliphatic carbocycles. The molecule has 0 aromatic rings. The number of allylic oxidation sites excluding steroid dienone is 2. The molecule has 3 N–H and O–H groups in total. The molecule has 1 rings (SSSR count). The second-order valence-corrected chi connectivity index (χ2v) is 1.05. The first-order chi connectivity index (χ1) is 2.00. The van der Waals surface area contributed by atoms with E-state index in [2.05, 4.69) is 12.2 Å². The minimum atomic E-state index is 0. The molecule has 0 aromatic heterocycles. The lowest BCUT2D eigenvalue weighted by molar-refractivity contribution is 0.962. The molecular formula is C4H9N. The largest absolute Gasteiger partial charge is 0.344 e. The first kappa shape index (κ1) is 4.70. The Bertz CT molecular complexity index is 32.9. The van der Waals surface area contributed by atoms with Crippen LogP contribution in [0.15, 0.2) is 12.2 Å². The van der Waals surface area contributed by atoms with Crippen LogP contribution in [0.1, 0.15) is 12.8 Å². The van der Waals surface area contributed by atoms with Crippen LogP contribution in [0, 0.1) is 0 Å². The molecule has 1 heteroatoms. The standard InChI is InChI=1S/C4H6.H3N/c1-2-4-3-1;/h1-2H,3-4H2;1H3. The van der Waals surface area contributed by atoms with E-state index in [0.717, 1.165) is 0 Å². The molecule has 0 aliphatic heterocycles. The van der Waals surface area contributed by atoms with Gasteiger partial charge < -0.3 is 6.15 Å². The van der Waals surface area contributed by atoms with Gasteiger partial charge in [-0.25, -0.2) is 0 Å². The summed E-state index contributed by atoms with van der Waals surface area (Å²) in [6.07, 6.45) is 7.00. The van der Waals surface area contributed by atoms with Crippen molar-refractivity contribution >= 4 is 0 Å². The summed E-state index contributed by atoms with van der Waals surface area (Å²) >= 11 is 0.